The Bertz CT molecular complexity index is 303. The molecule has 29 heavy (non-hydrogen) atoms. The SMILES string of the molecule is CCOCCOCCOCCOCCOCCOCCOCCNCC(N)CO. The number of aliphatic hydroxyl groups excluding tert-OH is 1. The summed E-state index contributed by atoms with van der Waals surface area (Å²) in [7, 11) is 0. The Morgan fingerprint density at radius 2 is 0.966 bits per heavy atom. The van der Waals surface area contributed by atoms with Gasteiger partial charge in [0.1, 0.15) is 0 Å². The molecule has 0 aromatic carbocycles. The lowest BCUT2D eigenvalue weighted by Gasteiger charge is -2.10. The quantitative estimate of drug-likeness (QED) is 0.157. The van der Waals surface area contributed by atoms with Crippen LogP contribution in [0, 0.1) is 0 Å². The molecule has 0 radical (unpaired) electrons. The Balaban J connectivity index is 3.00. The molecule has 0 fully saturated rings. The van der Waals surface area contributed by atoms with Gasteiger partial charge in [0.15, 0.2) is 0 Å². The van der Waals surface area contributed by atoms with E-state index in [1.165, 1.54) is 0 Å². The van der Waals surface area contributed by atoms with Crippen LogP contribution in [0.5, 0.6) is 0 Å². The molecule has 0 saturated carbocycles. The topological polar surface area (TPSA) is 123 Å². The summed E-state index contributed by atoms with van der Waals surface area (Å²) in [6.07, 6.45) is 0. The van der Waals surface area contributed by atoms with Crippen molar-refractivity contribution in [2.24, 2.45) is 5.73 Å². The molecule has 0 spiro atoms. The number of nitrogens with one attached hydrogen (secondary N) is 1. The van der Waals surface area contributed by atoms with Crippen LogP contribution in [-0.4, -0.2) is 123 Å². The monoisotopic (exact) mass is 426 g/mol. The first-order valence-electron chi connectivity index (χ1n) is 10.4. The van der Waals surface area contributed by atoms with Crippen molar-refractivity contribution in [2.75, 3.05) is 112 Å². The minimum Gasteiger partial charge on any atom is -0.395 e. The highest BCUT2D eigenvalue weighted by Crippen LogP contribution is 1.85. The standard InChI is InChI=1S/C19H42N2O8/c1-2-23-5-6-25-9-10-27-13-14-29-16-15-28-12-11-26-8-7-24-4-3-21-17-19(20)18-22/h19,21-22H,2-18,20H2,1H3. The molecule has 1 unspecified atom stereocenters. The van der Waals surface area contributed by atoms with Crippen molar-refractivity contribution in [1.82, 2.24) is 5.32 Å². The van der Waals surface area contributed by atoms with Crippen LogP contribution in [0.4, 0.5) is 0 Å². The minimum absolute atomic E-state index is 0.0176. The van der Waals surface area contributed by atoms with Gasteiger partial charge in [-0.25, -0.2) is 0 Å². The lowest BCUT2D eigenvalue weighted by molar-refractivity contribution is -0.0200. The second-order valence-electron chi connectivity index (χ2n) is 6.02. The van der Waals surface area contributed by atoms with Crippen molar-refractivity contribution in [1.29, 1.82) is 0 Å². The molecule has 0 amide bonds. The lowest BCUT2D eigenvalue weighted by Crippen LogP contribution is -2.37. The first-order chi connectivity index (χ1) is 14.3. The Kier molecular flexibility index (Phi) is 25.3. The predicted molar refractivity (Wildman–Crippen MR) is 109 cm³/mol. The lowest BCUT2D eigenvalue weighted by atomic mass is 10.3. The fourth-order valence-electron chi connectivity index (χ4n) is 1.96. The van der Waals surface area contributed by atoms with E-state index < -0.39 is 0 Å². The van der Waals surface area contributed by atoms with Gasteiger partial charge in [-0.15, -0.1) is 0 Å². The summed E-state index contributed by atoms with van der Waals surface area (Å²) in [4.78, 5) is 0. The van der Waals surface area contributed by atoms with E-state index in [4.69, 9.17) is 44.0 Å². The van der Waals surface area contributed by atoms with Gasteiger partial charge in [-0.1, -0.05) is 0 Å². The van der Waals surface area contributed by atoms with Crippen molar-refractivity contribution in [3.8, 4) is 0 Å². The molecule has 0 saturated heterocycles. The zero-order chi connectivity index (χ0) is 21.3. The summed E-state index contributed by atoms with van der Waals surface area (Å²) in [6, 6.07) is -0.224. The van der Waals surface area contributed by atoms with Gasteiger partial charge in [0.25, 0.3) is 0 Å². The maximum atomic E-state index is 8.77. The van der Waals surface area contributed by atoms with E-state index in [0.29, 0.717) is 106 Å². The van der Waals surface area contributed by atoms with Gasteiger partial charge < -0.3 is 49.3 Å². The number of rotatable bonds is 25. The highest BCUT2D eigenvalue weighted by atomic mass is 16.6. The zero-order valence-corrected chi connectivity index (χ0v) is 18.0. The number of hydrogen-bond donors (Lipinski definition) is 3. The average Bonchev–Trinajstić information content (AvgIpc) is 2.74. The molecule has 0 rings (SSSR count). The van der Waals surface area contributed by atoms with Gasteiger partial charge in [0.05, 0.1) is 92.5 Å². The summed E-state index contributed by atoms with van der Waals surface area (Å²) in [5.41, 5.74) is 5.56. The Labute approximate surface area is 175 Å². The van der Waals surface area contributed by atoms with E-state index in [-0.39, 0.29) is 12.6 Å². The second kappa shape index (κ2) is 25.6. The molecule has 0 heterocycles. The van der Waals surface area contributed by atoms with E-state index >= 15 is 0 Å². The second-order valence-corrected chi connectivity index (χ2v) is 6.02. The van der Waals surface area contributed by atoms with Crippen LogP contribution in [0.25, 0.3) is 0 Å². The van der Waals surface area contributed by atoms with Crippen molar-refractivity contribution in [2.45, 2.75) is 13.0 Å². The number of aliphatic hydroxyl groups is 1. The Morgan fingerprint density at radius 1 is 0.621 bits per heavy atom. The third-order valence-electron chi connectivity index (χ3n) is 3.50. The molecular formula is C19H42N2O8. The average molecular weight is 427 g/mol. The van der Waals surface area contributed by atoms with Crippen molar-refractivity contribution in [3.05, 3.63) is 0 Å². The van der Waals surface area contributed by atoms with E-state index in [1.807, 2.05) is 6.92 Å². The summed E-state index contributed by atoms with van der Waals surface area (Å²) in [6.45, 7) is 11.1. The number of ether oxygens (including phenoxy) is 7. The molecule has 0 aromatic heterocycles. The van der Waals surface area contributed by atoms with Gasteiger partial charge in [-0.3, -0.25) is 0 Å². The van der Waals surface area contributed by atoms with Crippen molar-refractivity contribution in [3.63, 3.8) is 0 Å². The van der Waals surface area contributed by atoms with E-state index in [0.717, 1.165) is 0 Å². The van der Waals surface area contributed by atoms with Gasteiger partial charge in [0.2, 0.25) is 0 Å². The molecule has 1 atom stereocenters. The Morgan fingerprint density at radius 3 is 1.31 bits per heavy atom. The van der Waals surface area contributed by atoms with Crippen LogP contribution in [-0.2, 0) is 33.2 Å². The first kappa shape index (κ1) is 28.6. The van der Waals surface area contributed by atoms with Gasteiger partial charge in [-0.05, 0) is 6.92 Å². The molecule has 0 aliphatic carbocycles. The molecule has 0 aliphatic heterocycles. The Hall–Kier alpha value is -0.400. The van der Waals surface area contributed by atoms with Gasteiger partial charge in [-0.2, -0.15) is 0 Å². The largest absolute Gasteiger partial charge is 0.395 e. The smallest absolute Gasteiger partial charge is 0.0701 e. The predicted octanol–water partition coefficient (Wildman–Crippen LogP) is -0.968. The van der Waals surface area contributed by atoms with Crippen LogP contribution in [0.2, 0.25) is 0 Å². The number of hydrogen-bond acceptors (Lipinski definition) is 10. The van der Waals surface area contributed by atoms with E-state index in [9.17, 15) is 0 Å². The maximum absolute atomic E-state index is 8.77. The molecule has 0 bridgehead atoms. The third kappa shape index (κ3) is 25.6. The molecule has 4 N–H and O–H groups in total. The fourth-order valence-corrected chi connectivity index (χ4v) is 1.96. The van der Waals surface area contributed by atoms with E-state index in [2.05, 4.69) is 5.32 Å². The van der Waals surface area contributed by atoms with Crippen LogP contribution in [0.15, 0.2) is 0 Å². The molecule has 0 aliphatic rings. The minimum atomic E-state index is -0.224. The highest BCUT2D eigenvalue weighted by Gasteiger charge is 1.98. The molecule has 176 valence electrons. The fraction of sp³-hybridized carbons (Fsp3) is 1.00. The summed E-state index contributed by atoms with van der Waals surface area (Å²) >= 11 is 0. The van der Waals surface area contributed by atoms with Crippen LogP contribution < -0.4 is 11.1 Å². The molecule has 10 nitrogen and oxygen atoms in total. The summed E-state index contributed by atoms with van der Waals surface area (Å²) in [5, 5.41) is 11.9. The van der Waals surface area contributed by atoms with Crippen molar-refractivity contribution >= 4 is 0 Å². The molecule has 0 aromatic rings. The number of nitrogens with two attached hydrogens (primary N) is 1. The summed E-state index contributed by atoms with van der Waals surface area (Å²) in [5.74, 6) is 0. The van der Waals surface area contributed by atoms with Crippen LogP contribution >= 0.6 is 0 Å². The van der Waals surface area contributed by atoms with Crippen molar-refractivity contribution < 1.29 is 38.3 Å². The van der Waals surface area contributed by atoms with E-state index in [1.54, 1.807) is 0 Å². The molecule has 10 heteroatoms. The normalized spacial score (nSPS) is 12.5. The third-order valence-corrected chi connectivity index (χ3v) is 3.50. The van der Waals surface area contributed by atoms with Crippen LogP contribution in [0.1, 0.15) is 6.92 Å². The maximum Gasteiger partial charge on any atom is 0.0701 e. The highest BCUT2D eigenvalue weighted by molar-refractivity contribution is 4.61. The van der Waals surface area contributed by atoms with Gasteiger partial charge in [0, 0.05) is 25.7 Å². The van der Waals surface area contributed by atoms with Crippen LogP contribution in [0.3, 0.4) is 0 Å². The molecular weight excluding hydrogens is 384 g/mol. The summed E-state index contributed by atoms with van der Waals surface area (Å²) < 4.78 is 37.5. The zero-order valence-electron chi connectivity index (χ0n) is 18.0. The van der Waals surface area contributed by atoms with Gasteiger partial charge >= 0.3 is 0 Å². The first-order valence-corrected chi connectivity index (χ1v) is 10.4.